The van der Waals surface area contributed by atoms with Crippen LogP contribution in [0.3, 0.4) is 0 Å². The number of carbonyl (C=O) groups is 1. The molecule has 0 fully saturated rings. The maximum atomic E-state index is 12.1. The lowest BCUT2D eigenvalue weighted by atomic mass is 9.90. The largest absolute Gasteiger partial charge is 0.495 e. The molecule has 0 radical (unpaired) electrons. The lowest BCUT2D eigenvalue weighted by Gasteiger charge is -2.24. The van der Waals surface area contributed by atoms with Gasteiger partial charge in [-0.15, -0.1) is 0 Å². The molecule has 0 aliphatic heterocycles. The molecule has 0 unspecified atom stereocenters. The highest BCUT2D eigenvalue weighted by molar-refractivity contribution is 6.32. The van der Waals surface area contributed by atoms with Crippen LogP contribution in [-0.2, 0) is 11.3 Å². The van der Waals surface area contributed by atoms with Crippen molar-refractivity contribution in [2.75, 3.05) is 7.11 Å². The Morgan fingerprint density at radius 3 is 2.52 bits per heavy atom. The molecule has 0 bridgehead atoms. The highest BCUT2D eigenvalue weighted by Gasteiger charge is 2.21. The van der Waals surface area contributed by atoms with Crippen LogP contribution in [0.1, 0.15) is 37.3 Å². The van der Waals surface area contributed by atoms with Crippen molar-refractivity contribution in [3.8, 4) is 5.75 Å². The van der Waals surface area contributed by atoms with Crippen LogP contribution in [0.5, 0.6) is 5.75 Å². The minimum absolute atomic E-state index is 0.0854. The summed E-state index contributed by atoms with van der Waals surface area (Å²) in [5, 5.41) is 3.48. The van der Waals surface area contributed by atoms with Crippen molar-refractivity contribution in [3.63, 3.8) is 0 Å². The first kappa shape index (κ1) is 19.1. The first-order chi connectivity index (χ1) is 12.0. The molecular formula is C20H24ClNO3. The lowest BCUT2D eigenvalue weighted by molar-refractivity contribution is 0.135. The monoisotopic (exact) mass is 361 g/mol. The second kappa shape index (κ2) is 9.33. The van der Waals surface area contributed by atoms with Crippen molar-refractivity contribution >= 4 is 17.7 Å². The number of hydrogen-bond donors (Lipinski definition) is 1. The van der Waals surface area contributed by atoms with Gasteiger partial charge in [0.25, 0.3) is 0 Å². The molecule has 1 amide bonds. The fourth-order valence-corrected chi connectivity index (χ4v) is 3.11. The van der Waals surface area contributed by atoms with Gasteiger partial charge in [-0.3, -0.25) is 0 Å². The van der Waals surface area contributed by atoms with Crippen LogP contribution in [0.25, 0.3) is 0 Å². The van der Waals surface area contributed by atoms with Crippen molar-refractivity contribution in [1.82, 2.24) is 5.32 Å². The van der Waals surface area contributed by atoms with E-state index < -0.39 is 6.09 Å². The summed E-state index contributed by atoms with van der Waals surface area (Å²) in [7, 11) is 1.59. The number of methoxy groups -OCH3 is 1. The second-order valence-corrected chi connectivity index (χ2v) is 6.31. The third-order valence-corrected chi connectivity index (χ3v) is 4.50. The quantitative estimate of drug-likeness (QED) is 0.741. The van der Waals surface area contributed by atoms with Crippen molar-refractivity contribution < 1.29 is 14.3 Å². The molecule has 2 aromatic carbocycles. The van der Waals surface area contributed by atoms with Gasteiger partial charge in [-0.25, -0.2) is 4.79 Å². The van der Waals surface area contributed by atoms with Gasteiger partial charge < -0.3 is 14.8 Å². The Morgan fingerprint density at radius 1 is 1.20 bits per heavy atom. The van der Waals surface area contributed by atoms with E-state index in [4.69, 9.17) is 21.1 Å². The summed E-state index contributed by atoms with van der Waals surface area (Å²) >= 11 is 6.22. The standard InChI is InChI=1S/C20H24ClNO3/c1-4-17(16-10-11-19(24-3)18(21)12-16)14(2)22-20(23)25-13-15-8-6-5-7-9-15/h5-12,14,17H,4,13H2,1-3H3,(H,22,23)/t14-,17-/m0/s1. The number of alkyl carbamates (subject to hydrolysis) is 1. The molecule has 0 saturated heterocycles. The Labute approximate surface area is 154 Å². The van der Waals surface area contributed by atoms with Crippen LogP contribution >= 0.6 is 11.6 Å². The summed E-state index contributed by atoms with van der Waals surface area (Å²) in [6.07, 6.45) is 0.442. The number of nitrogens with one attached hydrogen (secondary N) is 1. The van der Waals surface area contributed by atoms with E-state index in [-0.39, 0.29) is 18.6 Å². The molecular weight excluding hydrogens is 338 g/mol. The molecule has 5 heteroatoms. The van der Waals surface area contributed by atoms with Gasteiger partial charge in [0.05, 0.1) is 12.1 Å². The van der Waals surface area contributed by atoms with Gasteiger partial charge in [0.2, 0.25) is 0 Å². The topological polar surface area (TPSA) is 47.6 Å². The molecule has 4 nitrogen and oxygen atoms in total. The predicted molar refractivity (Wildman–Crippen MR) is 100 cm³/mol. The Morgan fingerprint density at radius 2 is 1.92 bits per heavy atom. The van der Waals surface area contributed by atoms with Gasteiger partial charge in [0.1, 0.15) is 12.4 Å². The minimum atomic E-state index is -0.422. The van der Waals surface area contributed by atoms with E-state index in [1.54, 1.807) is 7.11 Å². The van der Waals surface area contributed by atoms with Crippen LogP contribution < -0.4 is 10.1 Å². The average Bonchev–Trinajstić information content (AvgIpc) is 2.61. The Kier molecular flexibility index (Phi) is 7.14. The Hall–Kier alpha value is -2.20. The van der Waals surface area contributed by atoms with Crippen molar-refractivity contribution in [2.45, 2.75) is 38.8 Å². The maximum absolute atomic E-state index is 12.1. The Bertz CT molecular complexity index is 691. The fraction of sp³-hybridized carbons (Fsp3) is 0.350. The van der Waals surface area contributed by atoms with Gasteiger partial charge in [0.15, 0.2) is 0 Å². The highest BCUT2D eigenvalue weighted by Crippen LogP contribution is 2.31. The molecule has 0 saturated carbocycles. The third-order valence-electron chi connectivity index (χ3n) is 4.21. The zero-order chi connectivity index (χ0) is 18.2. The minimum Gasteiger partial charge on any atom is -0.495 e. The van der Waals surface area contributed by atoms with Crippen LogP contribution in [-0.4, -0.2) is 19.2 Å². The summed E-state index contributed by atoms with van der Waals surface area (Å²) in [4.78, 5) is 12.1. The van der Waals surface area contributed by atoms with Gasteiger partial charge in [-0.05, 0) is 36.6 Å². The zero-order valence-electron chi connectivity index (χ0n) is 14.8. The van der Waals surface area contributed by atoms with E-state index in [1.807, 2.05) is 55.5 Å². The summed E-state index contributed by atoms with van der Waals surface area (Å²) < 4.78 is 10.5. The molecule has 134 valence electrons. The summed E-state index contributed by atoms with van der Waals surface area (Å²) in [6, 6.07) is 15.2. The van der Waals surface area contributed by atoms with Crippen LogP contribution in [0.4, 0.5) is 4.79 Å². The van der Waals surface area contributed by atoms with Gasteiger partial charge in [-0.2, -0.15) is 0 Å². The molecule has 0 aromatic heterocycles. The van der Waals surface area contributed by atoms with Crippen LogP contribution in [0, 0.1) is 0 Å². The van der Waals surface area contributed by atoms with E-state index in [0.29, 0.717) is 10.8 Å². The van der Waals surface area contributed by atoms with E-state index in [1.165, 1.54) is 0 Å². The van der Waals surface area contributed by atoms with Crippen molar-refractivity contribution in [2.24, 2.45) is 0 Å². The predicted octanol–water partition coefficient (Wildman–Crippen LogP) is 5.16. The number of rotatable bonds is 7. The van der Waals surface area contributed by atoms with Crippen molar-refractivity contribution in [1.29, 1.82) is 0 Å². The first-order valence-corrected chi connectivity index (χ1v) is 8.73. The third kappa shape index (κ3) is 5.40. The van der Waals surface area contributed by atoms with Gasteiger partial charge in [-0.1, -0.05) is 54.9 Å². The molecule has 0 aliphatic rings. The van der Waals surface area contributed by atoms with E-state index in [2.05, 4.69) is 12.2 Å². The number of benzene rings is 2. The lowest BCUT2D eigenvalue weighted by Crippen LogP contribution is -2.37. The number of carbonyl (C=O) groups excluding carboxylic acids is 1. The second-order valence-electron chi connectivity index (χ2n) is 5.90. The number of halogens is 1. The number of ether oxygens (including phenoxy) is 2. The fourth-order valence-electron chi connectivity index (χ4n) is 2.84. The molecule has 2 atom stereocenters. The molecule has 2 rings (SSSR count). The first-order valence-electron chi connectivity index (χ1n) is 8.35. The Balaban J connectivity index is 1.96. The molecule has 2 aromatic rings. The molecule has 0 heterocycles. The zero-order valence-corrected chi connectivity index (χ0v) is 15.5. The van der Waals surface area contributed by atoms with Gasteiger partial charge in [0, 0.05) is 12.0 Å². The molecule has 1 N–H and O–H groups in total. The highest BCUT2D eigenvalue weighted by atomic mass is 35.5. The van der Waals surface area contributed by atoms with Crippen molar-refractivity contribution in [3.05, 3.63) is 64.7 Å². The average molecular weight is 362 g/mol. The van der Waals surface area contributed by atoms with E-state index in [0.717, 1.165) is 17.5 Å². The normalized spacial score (nSPS) is 13.0. The molecule has 0 aliphatic carbocycles. The summed E-state index contributed by atoms with van der Waals surface area (Å²) in [5.41, 5.74) is 2.02. The van der Waals surface area contributed by atoms with Crippen LogP contribution in [0.15, 0.2) is 48.5 Å². The van der Waals surface area contributed by atoms with E-state index in [9.17, 15) is 4.79 Å². The van der Waals surface area contributed by atoms with Crippen LogP contribution in [0.2, 0.25) is 5.02 Å². The molecule has 25 heavy (non-hydrogen) atoms. The van der Waals surface area contributed by atoms with Gasteiger partial charge >= 0.3 is 6.09 Å². The summed E-state index contributed by atoms with van der Waals surface area (Å²) in [5.74, 6) is 0.774. The molecule has 0 spiro atoms. The maximum Gasteiger partial charge on any atom is 0.407 e. The smallest absolute Gasteiger partial charge is 0.407 e. The van der Waals surface area contributed by atoms with E-state index >= 15 is 0 Å². The SMILES string of the molecule is CC[C@H](c1ccc(OC)c(Cl)c1)[C@H](C)NC(=O)OCc1ccccc1. The number of hydrogen-bond acceptors (Lipinski definition) is 3. The summed E-state index contributed by atoms with van der Waals surface area (Å²) in [6.45, 7) is 4.30. The number of amides is 1.